The molecule has 0 unspecified atom stereocenters. The second-order valence-corrected chi connectivity index (χ2v) is 5.50. The zero-order valence-electron chi connectivity index (χ0n) is 11.2. The molecule has 19 heavy (non-hydrogen) atoms. The molecule has 1 heterocycles. The first-order chi connectivity index (χ1) is 8.38. The van der Waals surface area contributed by atoms with Gasteiger partial charge >= 0.3 is 0 Å². The van der Waals surface area contributed by atoms with Crippen LogP contribution in [-0.2, 0) is 4.79 Å². The lowest BCUT2D eigenvalue weighted by atomic mass is 9.87. The van der Waals surface area contributed by atoms with Crippen molar-refractivity contribution in [2.24, 2.45) is 11.1 Å². The third-order valence-electron chi connectivity index (χ3n) is 2.92. The Kier molecular flexibility index (Phi) is 4.55. The fraction of sp³-hybridized carbons (Fsp3) is 0.385. The number of benzene rings is 1. The van der Waals surface area contributed by atoms with Crippen molar-refractivity contribution in [3.05, 3.63) is 24.4 Å². The van der Waals surface area contributed by atoms with E-state index in [4.69, 9.17) is 5.73 Å². The smallest absolute Gasteiger partial charge is 0.241 e. The SMILES string of the molecule is CC(C)(C)[C@H](N)C(=O)Nc1ccc2cn[nH]c2c1.Cl. The van der Waals surface area contributed by atoms with Crippen LogP contribution in [0.25, 0.3) is 10.9 Å². The van der Waals surface area contributed by atoms with Crippen molar-refractivity contribution < 1.29 is 4.79 Å². The molecule has 0 saturated carbocycles. The van der Waals surface area contributed by atoms with Gasteiger partial charge in [0.05, 0.1) is 17.8 Å². The summed E-state index contributed by atoms with van der Waals surface area (Å²) in [5.41, 5.74) is 7.25. The van der Waals surface area contributed by atoms with E-state index in [1.54, 1.807) is 6.20 Å². The average Bonchev–Trinajstić information content (AvgIpc) is 2.73. The van der Waals surface area contributed by atoms with Gasteiger partial charge < -0.3 is 11.1 Å². The molecule has 0 saturated heterocycles. The number of hydrogen-bond donors (Lipinski definition) is 3. The van der Waals surface area contributed by atoms with Crippen molar-refractivity contribution in [3.8, 4) is 0 Å². The Morgan fingerprint density at radius 3 is 2.74 bits per heavy atom. The van der Waals surface area contributed by atoms with E-state index in [1.165, 1.54) is 0 Å². The molecule has 2 aromatic rings. The van der Waals surface area contributed by atoms with Gasteiger partial charge in [0.25, 0.3) is 0 Å². The minimum atomic E-state index is -0.546. The molecule has 104 valence electrons. The largest absolute Gasteiger partial charge is 0.325 e. The Morgan fingerprint density at radius 2 is 2.11 bits per heavy atom. The molecule has 0 aliphatic heterocycles. The van der Waals surface area contributed by atoms with Crippen molar-refractivity contribution in [2.45, 2.75) is 26.8 Å². The number of hydrogen-bond acceptors (Lipinski definition) is 3. The first kappa shape index (κ1) is 15.5. The highest BCUT2D eigenvalue weighted by atomic mass is 35.5. The van der Waals surface area contributed by atoms with Crippen LogP contribution in [0.4, 0.5) is 5.69 Å². The minimum absolute atomic E-state index is 0. The number of H-pyrrole nitrogens is 1. The number of amides is 1. The van der Waals surface area contributed by atoms with Crippen LogP contribution in [0.15, 0.2) is 24.4 Å². The van der Waals surface area contributed by atoms with Crippen molar-refractivity contribution in [2.75, 3.05) is 5.32 Å². The second-order valence-electron chi connectivity index (χ2n) is 5.50. The van der Waals surface area contributed by atoms with Crippen molar-refractivity contribution in [1.82, 2.24) is 10.2 Å². The maximum Gasteiger partial charge on any atom is 0.241 e. The number of rotatable bonds is 2. The van der Waals surface area contributed by atoms with Crippen molar-refractivity contribution in [1.29, 1.82) is 0 Å². The van der Waals surface area contributed by atoms with Gasteiger partial charge in [-0.2, -0.15) is 5.10 Å². The van der Waals surface area contributed by atoms with Gasteiger partial charge in [-0.05, 0) is 23.6 Å². The van der Waals surface area contributed by atoms with E-state index in [0.29, 0.717) is 0 Å². The summed E-state index contributed by atoms with van der Waals surface area (Å²) in [7, 11) is 0. The molecule has 1 aromatic heterocycles. The van der Waals surface area contributed by atoms with E-state index >= 15 is 0 Å². The number of anilines is 1. The third kappa shape index (κ3) is 3.45. The summed E-state index contributed by atoms with van der Waals surface area (Å²) in [4.78, 5) is 12.0. The zero-order valence-corrected chi connectivity index (χ0v) is 12.0. The highest BCUT2D eigenvalue weighted by molar-refractivity contribution is 5.96. The Bertz CT molecular complexity index is 573. The molecule has 0 fully saturated rings. The van der Waals surface area contributed by atoms with Gasteiger partial charge in [0.2, 0.25) is 5.91 Å². The quantitative estimate of drug-likeness (QED) is 0.790. The average molecular weight is 283 g/mol. The van der Waals surface area contributed by atoms with Gasteiger partial charge in [-0.3, -0.25) is 9.89 Å². The van der Waals surface area contributed by atoms with Crippen LogP contribution in [0.2, 0.25) is 0 Å². The standard InChI is InChI=1S/C13H18N4O.ClH/c1-13(2,3)11(14)12(18)16-9-5-4-8-7-15-17-10(8)6-9;/h4-7,11H,14H2,1-3H3,(H,15,17)(H,16,18);1H/t11-;/m1./s1. The monoisotopic (exact) mass is 282 g/mol. The number of carbonyl (C=O) groups excluding carboxylic acids is 1. The number of aromatic amines is 1. The first-order valence-electron chi connectivity index (χ1n) is 5.87. The number of nitrogens with two attached hydrogens (primary N) is 1. The highest BCUT2D eigenvalue weighted by Gasteiger charge is 2.27. The lowest BCUT2D eigenvalue weighted by molar-refractivity contribution is -0.119. The van der Waals surface area contributed by atoms with Crippen LogP contribution in [0.3, 0.4) is 0 Å². The van der Waals surface area contributed by atoms with E-state index in [1.807, 2.05) is 39.0 Å². The van der Waals surface area contributed by atoms with Gasteiger partial charge in [0.15, 0.2) is 0 Å². The summed E-state index contributed by atoms with van der Waals surface area (Å²) in [5.74, 6) is -0.179. The first-order valence-corrected chi connectivity index (χ1v) is 5.87. The molecule has 5 nitrogen and oxygen atoms in total. The molecular weight excluding hydrogens is 264 g/mol. The summed E-state index contributed by atoms with van der Waals surface area (Å²) in [6.45, 7) is 5.82. The highest BCUT2D eigenvalue weighted by Crippen LogP contribution is 2.20. The van der Waals surface area contributed by atoms with Crippen LogP contribution in [0.5, 0.6) is 0 Å². The topological polar surface area (TPSA) is 83.8 Å². The second kappa shape index (κ2) is 5.59. The Balaban J connectivity index is 0.00000180. The summed E-state index contributed by atoms with van der Waals surface area (Å²) in [5, 5.41) is 10.6. The molecule has 0 spiro atoms. The molecule has 0 radical (unpaired) electrons. The maximum atomic E-state index is 12.0. The van der Waals surface area contributed by atoms with Crippen LogP contribution in [-0.4, -0.2) is 22.1 Å². The summed E-state index contributed by atoms with van der Waals surface area (Å²) in [6, 6.07) is 5.03. The zero-order chi connectivity index (χ0) is 13.3. The van der Waals surface area contributed by atoms with Gasteiger partial charge in [0, 0.05) is 11.1 Å². The number of fused-ring (bicyclic) bond motifs is 1. The fourth-order valence-electron chi connectivity index (χ4n) is 1.63. The molecule has 0 aliphatic rings. The number of carbonyl (C=O) groups is 1. The Hall–Kier alpha value is -1.59. The Morgan fingerprint density at radius 1 is 1.42 bits per heavy atom. The number of nitrogens with zero attached hydrogens (tertiary/aromatic N) is 1. The van der Waals surface area contributed by atoms with E-state index in [0.717, 1.165) is 16.6 Å². The molecule has 6 heteroatoms. The van der Waals surface area contributed by atoms with Crippen molar-refractivity contribution in [3.63, 3.8) is 0 Å². The van der Waals surface area contributed by atoms with Crippen LogP contribution < -0.4 is 11.1 Å². The van der Waals surface area contributed by atoms with Gasteiger partial charge in [-0.1, -0.05) is 20.8 Å². The summed E-state index contributed by atoms with van der Waals surface area (Å²) < 4.78 is 0. The lowest BCUT2D eigenvalue weighted by Crippen LogP contribution is -2.45. The molecule has 0 bridgehead atoms. The van der Waals surface area contributed by atoms with E-state index in [9.17, 15) is 4.79 Å². The molecular formula is C13H19ClN4O. The number of aromatic nitrogens is 2. The minimum Gasteiger partial charge on any atom is -0.325 e. The Labute approximate surface area is 118 Å². The molecule has 4 N–H and O–H groups in total. The van der Waals surface area contributed by atoms with Crippen LogP contribution >= 0.6 is 12.4 Å². The van der Waals surface area contributed by atoms with Crippen LogP contribution in [0.1, 0.15) is 20.8 Å². The number of halogens is 1. The van der Waals surface area contributed by atoms with Gasteiger partial charge in [-0.15, -0.1) is 12.4 Å². The predicted octanol–water partition coefficient (Wildman–Crippen LogP) is 2.30. The predicted molar refractivity (Wildman–Crippen MR) is 79.4 cm³/mol. The van der Waals surface area contributed by atoms with Gasteiger partial charge in [0.1, 0.15) is 0 Å². The molecule has 1 atom stereocenters. The third-order valence-corrected chi connectivity index (χ3v) is 2.92. The summed E-state index contributed by atoms with van der Waals surface area (Å²) in [6.07, 6.45) is 1.74. The fourth-order valence-corrected chi connectivity index (χ4v) is 1.63. The molecule has 1 aromatic carbocycles. The molecule has 1 amide bonds. The van der Waals surface area contributed by atoms with Crippen LogP contribution in [0, 0.1) is 5.41 Å². The molecule has 2 rings (SSSR count). The van der Waals surface area contributed by atoms with E-state index < -0.39 is 6.04 Å². The number of nitrogens with one attached hydrogen (secondary N) is 2. The van der Waals surface area contributed by atoms with Crippen molar-refractivity contribution >= 4 is 34.9 Å². The summed E-state index contributed by atoms with van der Waals surface area (Å²) >= 11 is 0. The normalized spacial score (nSPS) is 12.8. The molecule has 0 aliphatic carbocycles. The van der Waals surface area contributed by atoms with E-state index in [2.05, 4.69) is 15.5 Å². The lowest BCUT2D eigenvalue weighted by Gasteiger charge is -2.25. The maximum absolute atomic E-state index is 12.0. The van der Waals surface area contributed by atoms with Gasteiger partial charge in [-0.25, -0.2) is 0 Å². The van der Waals surface area contributed by atoms with E-state index in [-0.39, 0.29) is 23.7 Å².